The number of aromatic nitrogens is 1. The molecule has 2 N–H and O–H groups in total. The first kappa shape index (κ1) is 25.7. The summed E-state index contributed by atoms with van der Waals surface area (Å²) in [5, 5.41) is 9.68. The number of amidine groups is 1. The Morgan fingerprint density at radius 1 is 1.14 bits per heavy atom. The number of ether oxygens (including phenoxy) is 2. The molecule has 0 aliphatic carbocycles. The molecular weight excluding hydrogens is 518 g/mol. The van der Waals surface area contributed by atoms with E-state index >= 15 is 0 Å². The fourth-order valence-corrected chi connectivity index (χ4v) is 6.03. The van der Waals surface area contributed by atoms with E-state index in [9.17, 15) is 13.2 Å². The summed E-state index contributed by atoms with van der Waals surface area (Å²) in [4.78, 5) is 19.2. The van der Waals surface area contributed by atoms with Gasteiger partial charge in [-0.15, -0.1) is 0 Å². The number of aromatic amines is 1. The molecule has 2 fully saturated rings. The van der Waals surface area contributed by atoms with Gasteiger partial charge in [-0.2, -0.15) is 4.31 Å². The summed E-state index contributed by atoms with van der Waals surface area (Å²) >= 11 is 6.02. The average molecular weight is 546 g/mol. The van der Waals surface area contributed by atoms with Crippen molar-refractivity contribution in [2.24, 2.45) is 0 Å². The number of sulfonamides is 1. The summed E-state index contributed by atoms with van der Waals surface area (Å²) in [7, 11) is -2.04. The van der Waals surface area contributed by atoms with Crippen LogP contribution < -0.4 is 0 Å². The van der Waals surface area contributed by atoms with Crippen LogP contribution in [0.5, 0.6) is 0 Å². The minimum atomic E-state index is -3.86. The lowest BCUT2D eigenvalue weighted by Crippen LogP contribution is -2.51. The van der Waals surface area contributed by atoms with Crippen molar-refractivity contribution in [1.82, 2.24) is 19.1 Å². The zero-order valence-electron chi connectivity index (χ0n) is 20.3. The largest absolute Gasteiger partial charge is 0.355 e. The van der Waals surface area contributed by atoms with Crippen molar-refractivity contribution in [3.8, 4) is 0 Å². The van der Waals surface area contributed by atoms with Crippen LogP contribution in [0, 0.1) is 5.41 Å². The topological polar surface area (TPSA) is 119 Å². The lowest BCUT2D eigenvalue weighted by Gasteiger charge is -2.33. The normalized spacial score (nSPS) is 17.6. The molecule has 2 saturated heterocycles. The Balaban J connectivity index is 1.19. The minimum Gasteiger partial charge on any atom is -0.355 e. The number of hydrogen-bond donors (Lipinski definition) is 2. The number of piperazine rings is 1. The maximum Gasteiger partial charge on any atom is 0.259 e. The molecule has 1 aromatic heterocycles. The molecule has 37 heavy (non-hydrogen) atoms. The molecule has 0 bridgehead atoms. The second kappa shape index (κ2) is 10.4. The van der Waals surface area contributed by atoms with Gasteiger partial charge in [0.05, 0.1) is 26.3 Å². The molecule has 0 atom stereocenters. The van der Waals surface area contributed by atoms with Gasteiger partial charge in [0.1, 0.15) is 10.9 Å². The van der Waals surface area contributed by atoms with E-state index in [4.69, 9.17) is 26.5 Å². The lowest BCUT2D eigenvalue weighted by atomic mass is 10.1. The molecule has 2 aromatic carbocycles. The highest BCUT2D eigenvalue weighted by atomic mass is 35.5. The molecule has 12 heteroatoms. The van der Waals surface area contributed by atoms with Crippen molar-refractivity contribution < 1.29 is 22.7 Å². The van der Waals surface area contributed by atoms with E-state index in [-0.39, 0.29) is 36.9 Å². The number of likely N-dealkylation sites (N-methyl/N-ethyl adjacent to an activating group) is 1. The first-order chi connectivity index (χ1) is 17.7. The van der Waals surface area contributed by atoms with Crippen molar-refractivity contribution in [3.05, 3.63) is 64.7 Å². The molecule has 10 nitrogen and oxygen atoms in total. The van der Waals surface area contributed by atoms with E-state index in [1.165, 1.54) is 10.4 Å². The van der Waals surface area contributed by atoms with Gasteiger partial charge in [-0.1, -0.05) is 35.9 Å². The van der Waals surface area contributed by atoms with Crippen molar-refractivity contribution >= 4 is 44.3 Å². The number of hydrogen-bond acceptors (Lipinski definition) is 6. The number of nitrogens with zero attached hydrogens (tertiary/aromatic N) is 3. The van der Waals surface area contributed by atoms with Crippen molar-refractivity contribution in [3.63, 3.8) is 0 Å². The van der Waals surface area contributed by atoms with Gasteiger partial charge in [-0.05, 0) is 29.8 Å². The van der Waals surface area contributed by atoms with Crippen molar-refractivity contribution in [2.45, 2.75) is 17.9 Å². The smallest absolute Gasteiger partial charge is 0.259 e. The van der Waals surface area contributed by atoms with Gasteiger partial charge in [0.25, 0.3) is 10.0 Å². The quantitative estimate of drug-likeness (QED) is 0.348. The predicted octanol–water partition coefficient (Wildman–Crippen LogP) is 2.48. The molecule has 1 amide bonds. The molecule has 2 aliphatic heterocycles. The van der Waals surface area contributed by atoms with Gasteiger partial charge in [0.2, 0.25) is 5.91 Å². The first-order valence-corrected chi connectivity index (χ1v) is 13.7. The third kappa shape index (κ3) is 5.51. The Labute approximate surface area is 220 Å². The van der Waals surface area contributed by atoms with Crippen LogP contribution in [0.3, 0.4) is 0 Å². The summed E-state index contributed by atoms with van der Waals surface area (Å²) in [5.41, 5.74) is 2.31. The zero-order valence-corrected chi connectivity index (χ0v) is 21.9. The Hall–Kier alpha value is -2.96. The van der Waals surface area contributed by atoms with Gasteiger partial charge in [-0.25, -0.2) is 8.42 Å². The van der Waals surface area contributed by atoms with Crippen LogP contribution in [0.2, 0.25) is 5.02 Å². The Morgan fingerprint density at radius 2 is 1.86 bits per heavy atom. The molecule has 0 spiro atoms. The van der Waals surface area contributed by atoms with E-state index in [0.717, 1.165) is 11.1 Å². The summed E-state index contributed by atoms with van der Waals surface area (Å²) in [6.07, 6.45) is -0.326. The third-order valence-corrected chi connectivity index (χ3v) is 8.56. The number of rotatable bonds is 7. The van der Waals surface area contributed by atoms with Gasteiger partial charge in [-0.3, -0.25) is 10.2 Å². The van der Waals surface area contributed by atoms with Gasteiger partial charge >= 0.3 is 0 Å². The summed E-state index contributed by atoms with van der Waals surface area (Å²) in [5.74, 6) is 0.0851. The van der Waals surface area contributed by atoms with Crippen molar-refractivity contribution in [1.29, 1.82) is 5.41 Å². The third-order valence-electron chi connectivity index (χ3n) is 6.56. The number of carbonyl (C=O) groups is 1. The number of carbonyl (C=O) groups excluding carboxylic acids is 1. The molecule has 5 rings (SSSR count). The molecule has 3 heterocycles. The first-order valence-electron chi connectivity index (χ1n) is 11.9. The summed E-state index contributed by atoms with van der Waals surface area (Å²) in [6, 6.07) is 14.1. The minimum absolute atomic E-state index is 0.0417. The number of amides is 1. The van der Waals surface area contributed by atoms with E-state index in [1.807, 2.05) is 31.3 Å². The lowest BCUT2D eigenvalue weighted by molar-refractivity contribution is -0.134. The highest BCUT2D eigenvalue weighted by molar-refractivity contribution is 7.89. The Bertz CT molecular complexity index is 1420. The zero-order chi connectivity index (χ0) is 26.2. The molecule has 0 radical (unpaired) electrons. The molecule has 0 unspecified atom stereocenters. The monoisotopic (exact) mass is 545 g/mol. The van der Waals surface area contributed by atoms with Crippen LogP contribution in [-0.4, -0.2) is 92.0 Å². The Morgan fingerprint density at radius 3 is 2.57 bits per heavy atom. The second-order valence-electron chi connectivity index (χ2n) is 9.12. The average Bonchev–Trinajstić information content (AvgIpc) is 3.55. The van der Waals surface area contributed by atoms with Crippen LogP contribution in [0.15, 0.2) is 53.6 Å². The Kier molecular flexibility index (Phi) is 7.24. The van der Waals surface area contributed by atoms with E-state index in [0.29, 0.717) is 48.1 Å². The van der Waals surface area contributed by atoms with Crippen LogP contribution in [0.4, 0.5) is 0 Å². The fraction of sp³-hybridized carbons (Fsp3) is 0.360. The van der Waals surface area contributed by atoms with Crippen LogP contribution in [0.25, 0.3) is 10.9 Å². The summed E-state index contributed by atoms with van der Waals surface area (Å²) < 4.78 is 38.4. The van der Waals surface area contributed by atoms with Crippen LogP contribution >= 0.6 is 11.6 Å². The molecular formula is C25H28ClN5O5S. The maximum atomic E-state index is 13.2. The summed E-state index contributed by atoms with van der Waals surface area (Å²) in [6.45, 7) is 2.22. The number of H-pyrrole nitrogens is 1. The predicted molar refractivity (Wildman–Crippen MR) is 139 cm³/mol. The number of halogens is 1. The highest BCUT2D eigenvalue weighted by Crippen LogP contribution is 2.25. The molecule has 3 aromatic rings. The number of nitrogens with one attached hydrogen (secondary N) is 2. The molecule has 0 saturated carbocycles. The van der Waals surface area contributed by atoms with Crippen LogP contribution in [0.1, 0.15) is 11.1 Å². The maximum absolute atomic E-state index is 13.2. The van der Waals surface area contributed by atoms with Crippen LogP contribution in [-0.2, 0) is 30.8 Å². The highest BCUT2D eigenvalue weighted by Gasteiger charge is 2.34. The number of fused-ring (bicyclic) bond motifs is 1. The standard InChI is InChI=1S/C25H28ClN5O5S/c1-29(16-24-35-10-11-36-24)25(27)18-4-2-17(3-5-18)14-30-8-9-31(15-23(30)32)37(33,34)22-13-19-12-20(26)6-7-21(19)28-22/h2-7,12-13,24,27-28H,8-11,14-16H2,1H3. The SMILES string of the molecule is CN(CC1OCCO1)C(=N)c1ccc(CN2CCN(S(=O)(=O)c3cc4cc(Cl)ccc4[nH]3)CC2=O)cc1. The fourth-order valence-electron chi connectivity index (χ4n) is 4.45. The van der Waals surface area contributed by atoms with Gasteiger partial charge in [0, 0.05) is 48.2 Å². The van der Waals surface area contributed by atoms with Gasteiger partial charge < -0.3 is 24.3 Å². The molecule has 196 valence electrons. The van der Waals surface area contributed by atoms with Crippen molar-refractivity contribution in [2.75, 3.05) is 46.4 Å². The van der Waals surface area contributed by atoms with E-state index < -0.39 is 10.0 Å². The van der Waals surface area contributed by atoms with Gasteiger partial charge in [0.15, 0.2) is 6.29 Å². The van der Waals surface area contributed by atoms with E-state index in [2.05, 4.69) is 4.98 Å². The second-order valence-corrected chi connectivity index (χ2v) is 11.5. The van der Waals surface area contributed by atoms with E-state index in [1.54, 1.807) is 28.0 Å². The molecule has 2 aliphatic rings. The number of benzene rings is 2.